The molecule has 0 saturated carbocycles. The van der Waals surface area contributed by atoms with Crippen LogP contribution in [0.1, 0.15) is 33.3 Å². The van der Waals surface area contributed by atoms with Gasteiger partial charge in [0.15, 0.2) is 16.9 Å². The molecule has 250 valence electrons. The largest absolute Gasteiger partial charge is 0.457 e. The molecular weight excluding hydrogens is 669 g/mol. The maximum absolute atomic E-state index is 14.2. The first kappa shape index (κ1) is 33.2. The molecule has 2 aliphatic heterocycles. The van der Waals surface area contributed by atoms with Gasteiger partial charge in [-0.1, -0.05) is 65.8 Å². The lowest BCUT2D eigenvalue weighted by atomic mass is 10.0. The predicted molar refractivity (Wildman–Crippen MR) is 184 cm³/mol. The first-order valence-corrected chi connectivity index (χ1v) is 16.8. The number of rotatable bonds is 11. The number of fused-ring (bicyclic) bond motifs is 1. The Morgan fingerprint density at radius 2 is 1.63 bits per heavy atom. The molecule has 3 heterocycles. The number of carbonyl (C=O) groups excluding carboxylic acids is 4. The molecule has 2 aliphatic rings. The Morgan fingerprint density at radius 3 is 2.22 bits per heavy atom. The molecule has 0 bridgehead atoms. The van der Waals surface area contributed by atoms with E-state index in [0.717, 1.165) is 11.3 Å². The Morgan fingerprint density at radius 1 is 0.980 bits per heavy atom. The van der Waals surface area contributed by atoms with Crippen LogP contribution in [0, 0.1) is 0 Å². The summed E-state index contributed by atoms with van der Waals surface area (Å²) >= 11 is 2.41. The molecule has 5 N–H and O–H groups in total. The van der Waals surface area contributed by atoms with E-state index in [2.05, 4.69) is 15.5 Å². The molecule has 1 unspecified atom stereocenters. The fourth-order valence-corrected chi connectivity index (χ4v) is 7.16. The Bertz CT molecular complexity index is 1890. The standard InChI is InChI=1S/C34H30N6O7S2/c1-45-39-25(24-18-49-34(36)37-24)29(41)38-26-30(42)40-27(22(17-48-31(26)40)16-46-32(43)21-12-14-23(35)15-13-21)33(44)47-28(19-8-4-2-5-9-19)20-10-6-3-7-11-20/h2-15,18,26,28,31H,16-17,35H2,1H3,(H2,36,37)(H,38,41)/b39-25+/t26?,31-/m1/s1. The molecule has 4 aromatic rings. The van der Waals surface area contributed by atoms with Gasteiger partial charge >= 0.3 is 11.9 Å². The van der Waals surface area contributed by atoms with E-state index in [-0.39, 0.29) is 40.2 Å². The molecule has 0 spiro atoms. The van der Waals surface area contributed by atoms with E-state index in [0.29, 0.717) is 22.4 Å². The van der Waals surface area contributed by atoms with Gasteiger partial charge in [0.2, 0.25) is 0 Å². The number of thiazole rings is 1. The van der Waals surface area contributed by atoms with Crippen molar-refractivity contribution < 1.29 is 33.5 Å². The summed E-state index contributed by atoms with van der Waals surface area (Å²) in [5.41, 5.74) is 14.0. The number of nitrogens with two attached hydrogens (primary N) is 2. The van der Waals surface area contributed by atoms with Crippen molar-refractivity contribution in [1.29, 1.82) is 0 Å². The number of hydrogen-bond donors (Lipinski definition) is 3. The molecule has 49 heavy (non-hydrogen) atoms. The van der Waals surface area contributed by atoms with E-state index in [4.69, 9.17) is 25.8 Å². The van der Waals surface area contributed by atoms with Gasteiger partial charge in [-0.05, 0) is 35.4 Å². The molecule has 1 fully saturated rings. The van der Waals surface area contributed by atoms with Crippen LogP contribution in [0.5, 0.6) is 0 Å². The van der Waals surface area contributed by atoms with E-state index < -0.39 is 41.3 Å². The van der Waals surface area contributed by atoms with Crippen LogP contribution < -0.4 is 16.8 Å². The summed E-state index contributed by atoms with van der Waals surface area (Å²) in [6, 6.07) is 23.6. The highest BCUT2D eigenvalue weighted by atomic mass is 32.2. The van der Waals surface area contributed by atoms with Gasteiger partial charge in [0.1, 0.15) is 36.5 Å². The van der Waals surface area contributed by atoms with Crippen molar-refractivity contribution in [1.82, 2.24) is 15.2 Å². The minimum absolute atomic E-state index is 0.0562. The number of benzene rings is 3. The minimum Gasteiger partial charge on any atom is -0.457 e. The average Bonchev–Trinajstić information content (AvgIpc) is 3.56. The smallest absolute Gasteiger partial charge is 0.356 e. The molecule has 0 aliphatic carbocycles. The van der Waals surface area contributed by atoms with Crippen molar-refractivity contribution in [3.8, 4) is 0 Å². The topological polar surface area (TPSA) is 189 Å². The maximum atomic E-state index is 14.2. The number of anilines is 2. The number of esters is 2. The Balaban J connectivity index is 1.28. The van der Waals surface area contributed by atoms with Crippen molar-refractivity contribution in [2.24, 2.45) is 5.16 Å². The van der Waals surface area contributed by atoms with E-state index in [1.807, 2.05) is 60.7 Å². The molecule has 13 nitrogen and oxygen atoms in total. The lowest BCUT2D eigenvalue weighted by Gasteiger charge is -2.49. The van der Waals surface area contributed by atoms with Crippen LogP contribution in [0.2, 0.25) is 0 Å². The summed E-state index contributed by atoms with van der Waals surface area (Å²) in [6.45, 7) is -0.286. The molecular formula is C34H30N6O7S2. The lowest BCUT2D eigenvalue weighted by molar-refractivity contribution is -0.154. The SMILES string of the molecule is CO/N=C(/C(=O)NC1C(=O)N2C(C(=O)OC(c3ccccc3)c3ccccc3)=C(COC(=O)c3ccc(N)cc3)CS[C@H]12)c1csc(N)n1. The molecule has 2 amide bonds. The summed E-state index contributed by atoms with van der Waals surface area (Å²) in [7, 11) is 1.28. The number of amides is 2. The van der Waals surface area contributed by atoms with E-state index in [1.54, 1.807) is 17.5 Å². The zero-order valence-corrected chi connectivity index (χ0v) is 27.6. The van der Waals surface area contributed by atoms with Crippen LogP contribution >= 0.6 is 23.1 Å². The van der Waals surface area contributed by atoms with E-state index in [9.17, 15) is 19.2 Å². The molecule has 1 aromatic heterocycles. The summed E-state index contributed by atoms with van der Waals surface area (Å²) in [5.74, 6) is -2.50. The fourth-order valence-electron chi connectivity index (χ4n) is 5.29. The molecule has 1 saturated heterocycles. The van der Waals surface area contributed by atoms with Crippen LogP contribution in [0.25, 0.3) is 0 Å². The number of nitrogens with zero attached hydrogens (tertiary/aromatic N) is 3. The molecule has 2 atom stereocenters. The van der Waals surface area contributed by atoms with E-state index in [1.165, 1.54) is 35.9 Å². The van der Waals surface area contributed by atoms with Crippen LogP contribution in [0.4, 0.5) is 10.8 Å². The fraction of sp³-hybridized carbons (Fsp3) is 0.176. The number of β-lactam (4-membered cyclic amide) rings is 1. The highest BCUT2D eigenvalue weighted by Gasteiger charge is 2.55. The van der Waals surface area contributed by atoms with Crippen molar-refractivity contribution in [3.63, 3.8) is 0 Å². The third kappa shape index (κ3) is 7.12. The second kappa shape index (κ2) is 14.6. The van der Waals surface area contributed by atoms with Gasteiger partial charge < -0.3 is 31.1 Å². The highest BCUT2D eigenvalue weighted by Crippen LogP contribution is 2.42. The second-order valence-electron chi connectivity index (χ2n) is 10.8. The monoisotopic (exact) mass is 698 g/mol. The Labute approximate surface area is 288 Å². The normalized spacial score (nSPS) is 17.2. The first-order chi connectivity index (χ1) is 23.7. The van der Waals surface area contributed by atoms with Gasteiger partial charge in [-0.3, -0.25) is 14.5 Å². The van der Waals surface area contributed by atoms with Crippen molar-refractivity contribution in [3.05, 3.63) is 124 Å². The number of oxime groups is 1. The van der Waals surface area contributed by atoms with Gasteiger partial charge in [-0.25, -0.2) is 14.6 Å². The van der Waals surface area contributed by atoms with Gasteiger partial charge in [-0.2, -0.15) is 0 Å². The van der Waals surface area contributed by atoms with Gasteiger partial charge in [0.25, 0.3) is 11.8 Å². The Kier molecular flexibility index (Phi) is 9.92. The second-order valence-corrected chi connectivity index (χ2v) is 12.8. The highest BCUT2D eigenvalue weighted by molar-refractivity contribution is 8.00. The average molecular weight is 699 g/mol. The lowest BCUT2D eigenvalue weighted by Crippen LogP contribution is -2.71. The molecule has 3 aromatic carbocycles. The zero-order valence-electron chi connectivity index (χ0n) is 26.0. The third-order valence-corrected chi connectivity index (χ3v) is 9.66. The Hall–Kier alpha value is -5.67. The maximum Gasteiger partial charge on any atom is 0.356 e. The predicted octanol–water partition coefficient (Wildman–Crippen LogP) is 3.50. The van der Waals surface area contributed by atoms with Gasteiger partial charge in [-0.15, -0.1) is 23.1 Å². The summed E-state index contributed by atoms with van der Waals surface area (Å²) in [4.78, 5) is 64.3. The number of ether oxygens (including phenoxy) is 2. The van der Waals surface area contributed by atoms with Crippen LogP contribution in [0.3, 0.4) is 0 Å². The summed E-state index contributed by atoms with van der Waals surface area (Å²) < 4.78 is 11.7. The van der Waals surface area contributed by atoms with E-state index >= 15 is 0 Å². The number of aromatic nitrogens is 1. The number of hydrogen-bond acceptors (Lipinski definition) is 13. The van der Waals surface area contributed by atoms with Gasteiger partial charge in [0, 0.05) is 22.4 Å². The number of nitrogens with one attached hydrogen (secondary N) is 1. The quantitative estimate of drug-likeness (QED) is 0.0684. The minimum atomic E-state index is -1.02. The summed E-state index contributed by atoms with van der Waals surface area (Å²) in [6.07, 6.45) is -0.806. The van der Waals surface area contributed by atoms with Crippen molar-refractivity contribution in [2.75, 3.05) is 30.9 Å². The first-order valence-electron chi connectivity index (χ1n) is 14.9. The molecule has 6 rings (SSSR count). The number of nitrogen functional groups attached to an aromatic ring is 2. The number of thioether (sulfide) groups is 1. The molecule has 15 heteroatoms. The van der Waals surface area contributed by atoms with Gasteiger partial charge in [0.05, 0.1) is 5.56 Å². The van der Waals surface area contributed by atoms with Crippen LogP contribution in [0.15, 0.2) is 107 Å². The third-order valence-electron chi connectivity index (χ3n) is 7.64. The van der Waals surface area contributed by atoms with Crippen molar-refractivity contribution >= 4 is 63.4 Å². The zero-order chi connectivity index (χ0) is 34.5. The van der Waals surface area contributed by atoms with Crippen LogP contribution in [-0.4, -0.2) is 70.2 Å². The van der Waals surface area contributed by atoms with Crippen molar-refractivity contribution in [2.45, 2.75) is 17.5 Å². The number of carbonyl (C=O) groups is 4. The van der Waals surface area contributed by atoms with Crippen LogP contribution in [-0.2, 0) is 28.7 Å². The molecule has 0 radical (unpaired) electrons. The summed E-state index contributed by atoms with van der Waals surface area (Å²) in [5, 5.41) is 7.57.